The summed E-state index contributed by atoms with van der Waals surface area (Å²) in [4.78, 5) is 44.8. The van der Waals surface area contributed by atoms with E-state index in [1.807, 2.05) is 0 Å². The van der Waals surface area contributed by atoms with Crippen LogP contribution in [0.3, 0.4) is 0 Å². The number of carboxylic acid groups (broad SMARTS) is 1. The second-order valence-electron chi connectivity index (χ2n) is 8.62. The minimum absolute atomic E-state index is 0.0248. The van der Waals surface area contributed by atoms with Crippen molar-refractivity contribution < 1.29 is 32.7 Å². The van der Waals surface area contributed by atoms with Gasteiger partial charge in [-0.1, -0.05) is 6.07 Å². The minimum Gasteiger partial charge on any atom is -0.465 e. The monoisotopic (exact) mass is 519 g/mol. The first-order chi connectivity index (χ1) is 17.0. The zero-order valence-corrected chi connectivity index (χ0v) is 19.7. The Morgan fingerprint density at radius 2 is 2.06 bits per heavy atom. The predicted octanol–water partition coefficient (Wildman–Crippen LogP) is 5.18. The topological polar surface area (TPSA) is 115 Å². The third kappa shape index (κ3) is 4.08. The fourth-order valence-corrected chi connectivity index (χ4v) is 5.60. The summed E-state index contributed by atoms with van der Waals surface area (Å²) in [7, 11) is 0. The Bertz CT molecular complexity index is 1410. The SMILES string of the molecule is Cc1ccc(N2C(=O)Nc3c(C(=O)NC4CCCN(C(=O)O)C4)sc4nccc2c34)cc1C(F)(F)F. The van der Waals surface area contributed by atoms with Gasteiger partial charge in [-0.2, -0.15) is 13.2 Å². The van der Waals surface area contributed by atoms with E-state index in [2.05, 4.69) is 15.6 Å². The molecule has 1 unspecified atom stereocenters. The number of amides is 4. The molecule has 1 fully saturated rings. The number of aromatic nitrogens is 1. The summed E-state index contributed by atoms with van der Waals surface area (Å²) >= 11 is 1.04. The number of alkyl halides is 3. The molecule has 2 aliphatic rings. The largest absolute Gasteiger partial charge is 0.465 e. The van der Waals surface area contributed by atoms with Crippen LogP contribution in [-0.4, -0.2) is 52.2 Å². The third-order valence-electron chi connectivity index (χ3n) is 6.26. The molecular weight excluding hydrogens is 499 g/mol. The molecule has 3 aromatic rings. The smallest absolute Gasteiger partial charge is 0.416 e. The fourth-order valence-electron chi connectivity index (χ4n) is 4.57. The number of nitrogens with one attached hydrogen (secondary N) is 2. The van der Waals surface area contributed by atoms with Crippen molar-refractivity contribution in [2.24, 2.45) is 0 Å². The van der Waals surface area contributed by atoms with E-state index in [0.717, 1.165) is 22.3 Å². The Hall–Kier alpha value is -3.87. The van der Waals surface area contributed by atoms with Crippen LogP contribution < -0.4 is 15.5 Å². The van der Waals surface area contributed by atoms with E-state index in [4.69, 9.17) is 0 Å². The number of anilines is 3. The van der Waals surface area contributed by atoms with Gasteiger partial charge in [-0.05, 0) is 43.5 Å². The van der Waals surface area contributed by atoms with Crippen LogP contribution >= 0.6 is 11.3 Å². The second kappa shape index (κ2) is 8.66. The van der Waals surface area contributed by atoms with Gasteiger partial charge >= 0.3 is 18.3 Å². The van der Waals surface area contributed by atoms with E-state index in [-0.39, 0.29) is 28.4 Å². The van der Waals surface area contributed by atoms with Crippen molar-refractivity contribution in [1.29, 1.82) is 0 Å². The second-order valence-corrected chi connectivity index (χ2v) is 9.62. The van der Waals surface area contributed by atoms with Crippen LogP contribution in [0, 0.1) is 6.92 Å². The van der Waals surface area contributed by atoms with E-state index in [9.17, 15) is 32.7 Å². The standard InChI is InChI=1S/C23H20F3N5O4S/c1-11-4-5-13(9-14(11)23(24,25)26)31-15-6-7-27-20-16(15)17(29-21(31)33)18(36-20)19(32)28-12-3-2-8-30(10-12)22(34)35/h4-7,9,12H,2-3,8,10H2,1H3,(H,28,32)(H,29,33)(H,34,35). The van der Waals surface area contributed by atoms with Gasteiger partial charge in [-0.15, -0.1) is 11.3 Å². The first kappa shape index (κ1) is 23.9. The number of hydrogen-bond acceptors (Lipinski definition) is 5. The molecule has 1 saturated heterocycles. The van der Waals surface area contributed by atoms with Crippen molar-refractivity contribution in [2.45, 2.75) is 32.0 Å². The minimum atomic E-state index is -4.59. The van der Waals surface area contributed by atoms with Gasteiger partial charge in [0, 0.05) is 25.3 Å². The number of pyridine rings is 1. The van der Waals surface area contributed by atoms with Gasteiger partial charge in [-0.25, -0.2) is 14.6 Å². The Labute approximate surface area is 206 Å². The quantitative estimate of drug-likeness (QED) is 0.441. The van der Waals surface area contributed by atoms with E-state index < -0.39 is 35.8 Å². The van der Waals surface area contributed by atoms with Gasteiger partial charge < -0.3 is 20.6 Å². The van der Waals surface area contributed by atoms with Crippen LogP contribution in [-0.2, 0) is 6.18 Å². The zero-order chi connectivity index (χ0) is 25.8. The number of thiophene rings is 1. The number of halogens is 3. The summed E-state index contributed by atoms with van der Waals surface area (Å²) in [6.07, 6.45) is -3.01. The van der Waals surface area contributed by atoms with Crippen molar-refractivity contribution in [1.82, 2.24) is 15.2 Å². The maximum atomic E-state index is 13.5. The molecule has 2 aliphatic heterocycles. The Balaban J connectivity index is 1.52. The molecule has 13 heteroatoms. The molecule has 9 nitrogen and oxygen atoms in total. The van der Waals surface area contributed by atoms with Crippen molar-refractivity contribution in [3.05, 3.63) is 46.5 Å². The Morgan fingerprint density at radius 1 is 1.28 bits per heavy atom. The Kier molecular flexibility index (Phi) is 5.74. The molecule has 36 heavy (non-hydrogen) atoms. The van der Waals surface area contributed by atoms with E-state index >= 15 is 0 Å². The predicted molar refractivity (Wildman–Crippen MR) is 127 cm³/mol. The maximum Gasteiger partial charge on any atom is 0.416 e. The number of aryl methyl sites for hydroxylation is 1. The molecule has 1 aromatic carbocycles. The number of urea groups is 1. The molecule has 4 amide bonds. The number of carbonyl (C=O) groups excluding carboxylic acids is 2. The molecule has 0 saturated carbocycles. The summed E-state index contributed by atoms with van der Waals surface area (Å²) in [5.74, 6) is -0.486. The molecular formula is C23H20F3N5O4S. The maximum absolute atomic E-state index is 13.5. The molecule has 0 radical (unpaired) electrons. The Morgan fingerprint density at radius 3 is 2.78 bits per heavy atom. The normalized spacial score (nSPS) is 17.8. The molecule has 1 atom stereocenters. The average molecular weight is 520 g/mol. The fraction of sp³-hybridized carbons (Fsp3) is 0.304. The van der Waals surface area contributed by atoms with Gasteiger partial charge in [0.05, 0.1) is 28.0 Å². The van der Waals surface area contributed by atoms with Crippen LogP contribution in [0.4, 0.5) is 39.8 Å². The van der Waals surface area contributed by atoms with Crippen molar-refractivity contribution in [2.75, 3.05) is 23.3 Å². The number of likely N-dealkylation sites (tertiary alicyclic amines) is 1. The van der Waals surface area contributed by atoms with Crippen LogP contribution in [0.25, 0.3) is 10.2 Å². The van der Waals surface area contributed by atoms with Gasteiger partial charge in [0.2, 0.25) is 0 Å². The molecule has 0 aliphatic carbocycles. The van der Waals surface area contributed by atoms with Gasteiger partial charge in [0.25, 0.3) is 5.91 Å². The number of piperidine rings is 1. The van der Waals surface area contributed by atoms with Crippen LogP contribution in [0.5, 0.6) is 0 Å². The molecule has 188 valence electrons. The third-order valence-corrected chi connectivity index (χ3v) is 7.36. The molecule has 0 spiro atoms. The summed E-state index contributed by atoms with van der Waals surface area (Å²) in [5.41, 5.74) is -0.261. The number of carbonyl (C=O) groups is 3. The van der Waals surface area contributed by atoms with Crippen LogP contribution in [0.2, 0.25) is 0 Å². The highest BCUT2D eigenvalue weighted by Crippen LogP contribution is 2.46. The average Bonchev–Trinajstić information content (AvgIpc) is 3.19. The van der Waals surface area contributed by atoms with Crippen molar-refractivity contribution in [3.8, 4) is 0 Å². The lowest BCUT2D eigenvalue weighted by molar-refractivity contribution is -0.138. The first-order valence-corrected chi connectivity index (χ1v) is 11.9. The highest BCUT2D eigenvalue weighted by molar-refractivity contribution is 7.21. The van der Waals surface area contributed by atoms with E-state index in [1.165, 1.54) is 36.2 Å². The van der Waals surface area contributed by atoms with Gasteiger partial charge in [0.15, 0.2) is 0 Å². The van der Waals surface area contributed by atoms with Gasteiger partial charge in [0.1, 0.15) is 9.71 Å². The lowest BCUT2D eigenvalue weighted by Gasteiger charge is -2.31. The number of benzene rings is 1. The van der Waals surface area contributed by atoms with Crippen molar-refractivity contribution >= 4 is 56.6 Å². The van der Waals surface area contributed by atoms with Crippen LogP contribution in [0.15, 0.2) is 30.5 Å². The lowest BCUT2D eigenvalue weighted by atomic mass is 10.1. The molecule has 3 N–H and O–H groups in total. The van der Waals surface area contributed by atoms with E-state index in [0.29, 0.717) is 35.3 Å². The summed E-state index contributed by atoms with van der Waals surface area (Å²) < 4.78 is 40.5. The lowest BCUT2D eigenvalue weighted by Crippen LogP contribution is -2.49. The van der Waals surface area contributed by atoms with Gasteiger partial charge in [-0.3, -0.25) is 9.69 Å². The number of rotatable bonds is 3. The molecule has 5 rings (SSSR count). The van der Waals surface area contributed by atoms with E-state index in [1.54, 1.807) is 0 Å². The summed E-state index contributed by atoms with van der Waals surface area (Å²) in [5, 5.41) is 15.2. The highest BCUT2D eigenvalue weighted by atomic mass is 32.1. The summed E-state index contributed by atoms with van der Waals surface area (Å²) in [6, 6.07) is 4.06. The first-order valence-electron chi connectivity index (χ1n) is 11.0. The summed E-state index contributed by atoms with van der Waals surface area (Å²) in [6.45, 7) is 1.89. The van der Waals surface area contributed by atoms with Crippen molar-refractivity contribution in [3.63, 3.8) is 0 Å². The molecule has 4 heterocycles. The molecule has 0 bridgehead atoms. The highest BCUT2D eigenvalue weighted by Gasteiger charge is 2.36. The number of hydrogen-bond donors (Lipinski definition) is 3. The van der Waals surface area contributed by atoms with Crippen LogP contribution in [0.1, 0.15) is 33.6 Å². The molecule has 2 aromatic heterocycles. The number of nitrogens with zero attached hydrogens (tertiary/aromatic N) is 3. The zero-order valence-electron chi connectivity index (χ0n) is 18.8.